The van der Waals surface area contributed by atoms with Gasteiger partial charge in [0.05, 0.1) is 13.2 Å². The van der Waals surface area contributed by atoms with Crippen LogP contribution in [0.3, 0.4) is 0 Å². The number of carbonyl (C=O) groups is 1. The van der Waals surface area contributed by atoms with Crippen molar-refractivity contribution in [2.75, 3.05) is 26.7 Å². The average Bonchev–Trinajstić information content (AvgIpc) is 2.97. The molecular formula is C12H22N2O2. The predicted octanol–water partition coefficient (Wildman–Crippen LogP) is 0.454. The van der Waals surface area contributed by atoms with E-state index in [1.54, 1.807) is 0 Å². The molecule has 2 fully saturated rings. The van der Waals surface area contributed by atoms with Crippen LogP contribution in [0.5, 0.6) is 0 Å². The Balaban J connectivity index is 1.80. The third kappa shape index (κ3) is 2.74. The fraction of sp³-hybridized carbons (Fsp3) is 0.917. The van der Waals surface area contributed by atoms with E-state index in [4.69, 9.17) is 5.11 Å². The van der Waals surface area contributed by atoms with E-state index in [-0.39, 0.29) is 12.5 Å². The van der Waals surface area contributed by atoms with E-state index in [9.17, 15) is 4.79 Å². The SMILES string of the molecule is CN(C(=O)CN(CCO)C1CCC1)C1CC1. The second-order valence-corrected chi connectivity index (χ2v) is 5.01. The molecule has 0 aliphatic heterocycles. The van der Waals surface area contributed by atoms with Crippen LogP contribution in [0.25, 0.3) is 0 Å². The molecule has 0 saturated heterocycles. The van der Waals surface area contributed by atoms with Crippen LogP contribution in [0.2, 0.25) is 0 Å². The van der Waals surface area contributed by atoms with E-state index in [1.807, 2.05) is 11.9 Å². The lowest BCUT2D eigenvalue weighted by atomic mass is 9.91. The molecule has 2 saturated carbocycles. The van der Waals surface area contributed by atoms with Crippen molar-refractivity contribution in [3.05, 3.63) is 0 Å². The van der Waals surface area contributed by atoms with E-state index in [0.717, 1.165) is 12.8 Å². The molecule has 0 aromatic rings. The first kappa shape index (κ1) is 11.9. The van der Waals surface area contributed by atoms with Crippen LogP contribution >= 0.6 is 0 Å². The first-order valence-corrected chi connectivity index (χ1v) is 6.33. The monoisotopic (exact) mass is 226 g/mol. The molecule has 0 bridgehead atoms. The minimum absolute atomic E-state index is 0.150. The van der Waals surface area contributed by atoms with Crippen LogP contribution < -0.4 is 0 Å². The molecule has 0 radical (unpaired) electrons. The molecule has 0 unspecified atom stereocenters. The van der Waals surface area contributed by atoms with Gasteiger partial charge in [-0.3, -0.25) is 9.69 Å². The first-order valence-electron chi connectivity index (χ1n) is 6.33. The highest BCUT2D eigenvalue weighted by atomic mass is 16.3. The van der Waals surface area contributed by atoms with Gasteiger partial charge in [0.1, 0.15) is 0 Å². The number of amides is 1. The molecule has 0 heterocycles. The average molecular weight is 226 g/mol. The van der Waals surface area contributed by atoms with Gasteiger partial charge < -0.3 is 10.0 Å². The number of aliphatic hydroxyl groups is 1. The second-order valence-electron chi connectivity index (χ2n) is 5.01. The fourth-order valence-electron chi connectivity index (χ4n) is 2.22. The minimum Gasteiger partial charge on any atom is -0.395 e. The van der Waals surface area contributed by atoms with Crippen molar-refractivity contribution in [1.82, 2.24) is 9.80 Å². The summed E-state index contributed by atoms with van der Waals surface area (Å²) < 4.78 is 0. The number of hydrogen-bond acceptors (Lipinski definition) is 3. The lowest BCUT2D eigenvalue weighted by molar-refractivity contribution is -0.132. The van der Waals surface area contributed by atoms with Crippen molar-refractivity contribution in [2.24, 2.45) is 0 Å². The molecule has 0 aromatic heterocycles. The van der Waals surface area contributed by atoms with E-state index < -0.39 is 0 Å². The van der Waals surface area contributed by atoms with Gasteiger partial charge in [0, 0.05) is 25.7 Å². The zero-order valence-corrected chi connectivity index (χ0v) is 10.1. The maximum atomic E-state index is 12.0. The number of hydrogen-bond donors (Lipinski definition) is 1. The number of likely N-dealkylation sites (N-methyl/N-ethyl adjacent to an activating group) is 1. The van der Waals surface area contributed by atoms with Crippen molar-refractivity contribution >= 4 is 5.91 Å². The van der Waals surface area contributed by atoms with Gasteiger partial charge in [-0.25, -0.2) is 0 Å². The first-order chi connectivity index (χ1) is 7.72. The van der Waals surface area contributed by atoms with E-state index >= 15 is 0 Å². The van der Waals surface area contributed by atoms with Gasteiger partial charge in [-0.05, 0) is 25.7 Å². The molecule has 0 spiro atoms. The molecule has 2 aliphatic rings. The molecule has 16 heavy (non-hydrogen) atoms. The Morgan fingerprint density at radius 3 is 2.38 bits per heavy atom. The van der Waals surface area contributed by atoms with Gasteiger partial charge in [0.2, 0.25) is 5.91 Å². The number of nitrogens with zero attached hydrogens (tertiary/aromatic N) is 2. The van der Waals surface area contributed by atoms with Gasteiger partial charge in [-0.15, -0.1) is 0 Å². The second kappa shape index (κ2) is 5.15. The van der Waals surface area contributed by atoms with Gasteiger partial charge >= 0.3 is 0 Å². The zero-order valence-electron chi connectivity index (χ0n) is 10.1. The predicted molar refractivity (Wildman–Crippen MR) is 62.1 cm³/mol. The molecule has 0 aromatic carbocycles. The summed E-state index contributed by atoms with van der Waals surface area (Å²) in [7, 11) is 1.90. The van der Waals surface area contributed by atoms with Crippen LogP contribution in [0.15, 0.2) is 0 Å². The maximum absolute atomic E-state index is 12.0. The Bertz CT molecular complexity index is 249. The maximum Gasteiger partial charge on any atom is 0.236 e. The highest BCUT2D eigenvalue weighted by Crippen LogP contribution is 2.27. The Morgan fingerprint density at radius 2 is 1.94 bits per heavy atom. The summed E-state index contributed by atoms with van der Waals surface area (Å²) in [6.07, 6.45) is 5.94. The Kier molecular flexibility index (Phi) is 3.82. The van der Waals surface area contributed by atoms with Crippen LogP contribution in [-0.2, 0) is 4.79 Å². The van der Waals surface area contributed by atoms with Gasteiger partial charge in [0.25, 0.3) is 0 Å². The molecule has 92 valence electrons. The smallest absolute Gasteiger partial charge is 0.236 e. The summed E-state index contributed by atoms with van der Waals surface area (Å²) in [5.41, 5.74) is 0. The highest BCUT2D eigenvalue weighted by Gasteiger charge is 2.32. The summed E-state index contributed by atoms with van der Waals surface area (Å²) >= 11 is 0. The summed E-state index contributed by atoms with van der Waals surface area (Å²) in [6.45, 7) is 1.27. The van der Waals surface area contributed by atoms with E-state index in [0.29, 0.717) is 25.2 Å². The molecule has 4 nitrogen and oxygen atoms in total. The van der Waals surface area contributed by atoms with E-state index in [1.165, 1.54) is 19.3 Å². The lowest BCUT2D eigenvalue weighted by Gasteiger charge is -2.37. The number of rotatable bonds is 6. The van der Waals surface area contributed by atoms with E-state index in [2.05, 4.69) is 4.90 Å². The summed E-state index contributed by atoms with van der Waals surface area (Å²) in [5.74, 6) is 0.211. The summed E-state index contributed by atoms with van der Waals surface area (Å²) in [6, 6.07) is 1.02. The van der Waals surface area contributed by atoms with Crippen molar-refractivity contribution in [2.45, 2.75) is 44.2 Å². The molecule has 0 atom stereocenters. The lowest BCUT2D eigenvalue weighted by Crippen LogP contribution is -2.47. The van der Waals surface area contributed by atoms with Crippen molar-refractivity contribution in [3.8, 4) is 0 Å². The molecule has 2 aliphatic carbocycles. The molecule has 1 amide bonds. The summed E-state index contributed by atoms with van der Waals surface area (Å²) in [4.78, 5) is 16.0. The Labute approximate surface area is 97.2 Å². The van der Waals surface area contributed by atoms with Crippen molar-refractivity contribution in [3.63, 3.8) is 0 Å². The molecule has 2 rings (SSSR count). The van der Waals surface area contributed by atoms with Crippen LogP contribution in [-0.4, -0.2) is 59.6 Å². The largest absolute Gasteiger partial charge is 0.395 e. The van der Waals surface area contributed by atoms with Crippen LogP contribution in [0, 0.1) is 0 Å². The van der Waals surface area contributed by atoms with Gasteiger partial charge in [0.15, 0.2) is 0 Å². The third-order valence-electron chi connectivity index (χ3n) is 3.80. The van der Waals surface area contributed by atoms with Crippen LogP contribution in [0.1, 0.15) is 32.1 Å². The number of carbonyl (C=O) groups excluding carboxylic acids is 1. The normalized spacial score (nSPS) is 20.9. The quantitative estimate of drug-likeness (QED) is 0.715. The topological polar surface area (TPSA) is 43.8 Å². The standard InChI is InChI=1S/C12H22N2O2/c1-13(10-5-6-10)12(16)9-14(7-8-15)11-3-2-4-11/h10-11,15H,2-9H2,1H3. The molecule has 4 heteroatoms. The van der Waals surface area contributed by atoms with Gasteiger partial charge in [-0.2, -0.15) is 0 Å². The highest BCUT2D eigenvalue weighted by molar-refractivity contribution is 5.78. The summed E-state index contributed by atoms with van der Waals surface area (Å²) in [5, 5.41) is 9.01. The molecular weight excluding hydrogens is 204 g/mol. The fourth-order valence-corrected chi connectivity index (χ4v) is 2.22. The minimum atomic E-state index is 0.150. The molecule has 1 N–H and O–H groups in total. The Hall–Kier alpha value is -0.610. The van der Waals surface area contributed by atoms with Crippen molar-refractivity contribution < 1.29 is 9.90 Å². The zero-order chi connectivity index (χ0) is 11.5. The van der Waals surface area contributed by atoms with Crippen molar-refractivity contribution in [1.29, 1.82) is 0 Å². The van der Waals surface area contributed by atoms with Gasteiger partial charge in [-0.1, -0.05) is 6.42 Å². The Morgan fingerprint density at radius 1 is 1.25 bits per heavy atom. The van der Waals surface area contributed by atoms with Crippen LogP contribution in [0.4, 0.5) is 0 Å². The third-order valence-corrected chi connectivity index (χ3v) is 3.80. The number of aliphatic hydroxyl groups excluding tert-OH is 1.